The number of hydrogen-bond acceptors (Lipinski definition) is 5. The maximum absolute atomic E-state index is 12.4. The van der Waals surface area contributed by atoms with Crippen molar-refractivity contribution in [3.05, 3.63) is 69.0 Å². The Morgan fingerprint density at radius 2 is 1.89 bits per heavy atom. The van der Waals surface area contributed by atoms with E-state index in [1.54, 1.807) is 0 Å². The highest BCUT2D eigenvalue weighted by Crippen LogP contribution is 2.33. The second-order valence-electron chi connectivity index (χ2n) is 5.36. The minimum atomic E-state index is -0.605. The first kappa shape index (κ1) is 18.9. The standard InChI is InChI=1S/C19H11Cl2N3O2S/c20-14-7-11(8-15(21)17(14)25)6-13(9-22)18(26)24-19-23-16(10-27-19)12-4-2-1-3-5-12/h1-8,10,25H,(H,23,24,26)/b13-6+. The largest absolute Gasteiger partial charge is 0.505 e. The lowest BCUT2D eigenvalue weighted by atomic mass is 10.1. The van der Waals surface area contributed by atoms with E-state index in [0.717, 1.165) is 11.3 Å². The van der Waals surface area contributed by atoms with E-state index in [-0.39, 0.29) is 21.4 Å². The van der Waals surface area contributed by atoms with Crippen LogP contribution in [0.3, 0.4) is 0 Å². The molecule has 0 saturated heterocycles. The molecule has 0 unspecified atom stereocenters. The molecule has 1 heterocycles. The van der Waals surface area contributed by atoms with Gasteiger partial charge in [0.25, 0.3) is 5.91 Å². The average Bonchev–Trinajstić information content (AvgIpc) is 3.13. The Balaban J connectivity index is 1.80. The molecule has 1 aromatic heterocycles. The van der Waals surface area contributed by atoms with Gasteiger partial charge in [-0.3, -0.25) is 10.1 Å². The van der Waals surface area contributed by atoms with E-state index in [2.05, 4.69) is 10.3 Å². The summed E-state index contributed by atoms with van der Waals surface area (Å²) in [5, 5.41) is 23.7. The predicted molar refractivity (Wildman–Crippen MR) is 108 cm³/mol. The minimum Gasteiger partial charge on any atom is -0.505 e. The number of amides is 1. The number of carbonyl (C=O) groups excluding carboxylic acids is 1. The van der Waals surface area contributed by atoms with E-state index in [0.29, 0.717) is 10.7 Å². The molecule has 134 valence electrons. The highest BCUT2D eigenvalue weighted by Gasteiger charge is 2.14. The first-order valence-corrected chi connectivity index (χ1v) is 9.23. The molecule has 0 atom stereocenters. The fourth-order valence-corrected chi connectivity index (χ4v) is 3.44. The summed E-state index contributed by atoms with van der Waals surface area (Å²) in [7, 11) is 0. The fraction of sp³-hybridized carbons (Fsp3) is 0. The predicted octanol–water partition coefficient (Wildman–Crippen LogP) is 5.37. The highest BCUT2D eigenvalue weighted by atomic mass is 35.5. The number of aromatic nitrogens is 1. The SMILES string of the molecule is N#C/C(=C\c1cc(Cl)c(O)c(Cl)c1)C(=O)Nc1nc(-c2ccccc2)cs1. The maximum Gasteiger partial charge on any atom is 0.268 e. The van der Waals surface area contributed by atoms with Crippen LogP contribution in [0, 0.1) is 11.3 Å². The quantitative estimate of drug-likeness (QED) is 0.442. The number of thiazole rings is 1. The molecule has 1 amide bonds. The molecule has 2 N–H and O–H groups in total. The van der Waals surface area contributed by atoms with Crippen molar-refractivity contribution in [2.75, 3.05) is 5.32 Å². The monoisotopic (exact) mass is 415 g/mol. The van der Waals surface area contributed by atoms with Gasteiger partial charge in [0.05, 0.1) is 15.7 Å². The first-order valence-electron chi connectivity index (χ1n) is 7.60. The average molecular weight is 416 g/mol. The molecule has 0 aliphatic carbocycles. The first-order chi connectivity index (χ1) is 13.0. The molecule has 0 fully saturated rings. The molecular formula is C19H11Cl2N3O2S. The number of benzene rings is 2. The molecule has 2 aromatic carbocycles. The molecule has 0 aliphatic heterocycles. The van der Waals surface area contributed by atoms with Gasteiger partial charge in [-0.05, 0) is 23.8 Å². The summed E-state index contributed by atoms with van der Waals surface area (Å²) in [5.41, 5.74) is 1.93. The number of phenols is 1. The number of nitriles is 1. The van der Waals surface area contributed by atoms with E-state index < -0.39 is 5.91 Å². The van der Waals surface area contributed by atoms with Crippen LogP contribution in [-0.4, -0.2) is 16.0 Å². The van der Waals surface area contributed by atoms with Gasteiger partial charge < -0.3 is 5.11 Å². The highest BCUT2D eigenvalue weighted by molar-refractivity contribution is 7.14. The van der Waals surface area contributed by atoms with Crippen molar-refractivity contribution < 1.29 is 9.90 Å². The number of halogens is 2. The van der Waals surface area contributed by atoms with Crippen LogP contribution in [-0.2, 0) is 4.79 Å². The third kappa shape index (κ3) is 4.47. The summed E-state index contributed by atoms with van der Waals surface area (Å²) in [5.74, 6) is -0.860. The fourth-order valence-electron chi connectivity index (χ4n) is 2.22. The molecule has 27 heavy (non-hydrogen) atoms. The zero-order valence-electron chi connectivity index (χ0n) is 13.6. The smallest absolute Gasteiger partial charge is 0.268 e. The summed E-state index contributed by atoms with van der Waals surface area (Å²) >= 11 is 13.0. The van der Waals surface area contributed by atoms with Crippen LogP contribution in [0.15, 0.2) is 53.4 Å². The Labute approximate surface area is 169 Å². The number of nitrogens with one attached hydrogen (secondary N) is 1. The summed E-state index contributed by atoms with van der Waals surface area (Å²) in [6.45, 7) is 0. The number of hydrogen-bond donors (Lipinski definition) is 2. The summed E-state index contributed by atoms with van der Waals surface area (Å²) in [6.07, 6.45) is 1.33. The van der Waals surface area contributed by atoms with Crippen LogP contribution in [0.2, 0.25) is 10.0 Å². The molecule has 0 aliphatic rings. The van der Waals surface area contributed by atoms with Gasteiger partial charge in [0.2, 0.25) is 0 Å². The van der Waals surface area contributed by atoms with Crippen molar-refractivity contribution in [2.45, 2.75) is 0 Å². The van der Waals surface area contributed by atoms with Gasteiger partial charge in [-0.25, -0.2) is 4.98 Å². The Kier molecular flexibility index (Phi) is 5.77. The lowest BCUT2D eigenvalue weighted by Gasteiger charge is -2.03. The van der Waals surface area contributed by atoms with Gasteiger partial charge in [0, 0.05) is 10.9 Å². The Morgan fingerprint density at radius 3 is 2.52 bits per heavy atom. The number of rotatable bonds is 4. The van der Waals surface area contributed by atoms with Crippen LogP contribution in [0.5, 0.6) is 5.75 Å². The lowest BCUT2D eigenvalue weighted by molar-refractivity contribution is -0.112. The van der Waals surface area contributed by atoms with Crippen LogP contribution in [0.25, 0.3) is 17.3 Å². The zero-order chi connectivity index (χ0) is 19.4. The molecule has 5 nitrogen and oxygen atoms in total. The van der Waals surface area contributed by atoms with Gasteiger partial charge in [-0.1, -0.05) is 53.5 Å². The van der Waals surface area contributed by atoms with Crippen molar-refractivity contribution in [1.29, 1.82) is 5.26 Å². The van der Waals surface area contributed by atoms with Gasteiger partial charge in [0.15, 0.2) is 10.9 Å². The molecular weight excluding hydrogens is 405 g/mol. The second-order valence-corrected chi connectivity index (χ2v) is 7.03. The van der Waals surface area contributed by atoms with Crippen molar-refractivity contribution in [1.82, 2.24) is 4.98 Å². The van der Waals surface area contributed by atoms with E-state index in [1.165, 1.54) is 29.5 Å². The molecule has 3 rings (SSSR count). The Bertz CT molecular complexity index is 1050. The number of nitrogens with zero attached hydrogens (tertiary/aromatic N) is 2. The van der Waals surface area contributed by atoms with E-state index >= 15 is 0 Å². The third-order valence-corrected chi connectivity index (χ3v) is 4.84. The van der Waals surface area contributed by atoms with Gasteiger partial charge in [0.1, 0.15) is 11.6 Å². The van der Waals surface area contributed by atoms with Crippen LogP contribution >= 0.6 is 34.5 Å². The number of aromatic hydroxyl groups is 1. The molecule has 0 bridgehead atoms. The molecule has 8 heteroatoms. The molecule has 0 spiro atoms. The second kappa shape index (κ2) is 8.23. The van der Waals surface area contributed by atoms with Gasteiger partial charge in [-0.2, -0.15) is 5.26 Å². The summed E-state index contributed by atoms with van der Waals surface area (Å²) < 4.78 is 0. The van der Waals surface area contributed by atoms with Crippen molar-refractivity contribution in [3.8, 4) is 23.1 Å². The lowest BCUT2D eigenvalue weighted by Crippen LogP contribution is -2.13. The summed E-state index contributed by atoms with van der Waals surface area (Å²) in [4.78, 5) is 16.7. The van der Waals surface area contributed by atoms with E-state index in [1.807, 2.05) is 41.8 Å². The number of phenolic OH excluding ortho intramolecular Hbond substituents is 1. The Morgan fingerprint density at radius 1 is 1.22 bits per heavy atom. The van der Waals surface area contributed by atoms with Crippen molar-refractivity contribution >= 4 is 51.7 Å². The summed E-state index contributed by atoms with van der Waals surface area (Å²) in [6, 6.07) is 14.2. The van der Waals surface area contributed by atoms with Crippen LogP contribution < -0.4 is 5.32 Å². The topological polar surface area (TPSA) is 86.0 Å². The van der Waals surface area contributed by atoms with Gasteiger partial charge in [-0.15, -0.1) is 11.3 Å². The van der Waals surface area contributed by atoms with Crippen molar-refractivity contribution in [3.63, 3.8) is 0 Å². The van der Waals surface area contributed by atoms with Gasteiger partial charge >= 0.3 is 0 Å². The number of anilines is 1. The van der Waals surface area contributed by atoms with Crippen molar-refractivity contribution in [2.24, 2.45) is 0 Å². The normalized spacial score (nSPS) is 11.1. The van der Waals surface area contributed by atoms with E-state index in [9.17, 15) is 15.2 Å². The van der Waals surface area contributed by atoms with Crippen LogP contribution in [0.1, 0.15) is 5.56 Å². The maximum atomic E-state index is 12.4. The zero-order valence-corrected chi connectivity index (χ0v) is 15.9. The van der Waals surface area contributed by atoms with Crippen LogP contribution in [0.4, 0.5) is 5.13 Å². The Hall–Kier alpha value is -2.85. The third-order valence-electron chi connectivity index (χ3n) is 3.51. The van der Waals surface area contributed by atoms with E-state index in [4.69, 9.17) is 23.2 Å². The molecule has 0 saturated carbocycles. The minimum absolute atomic E-state index is 0.0267. The molecule has 0 radical (unpaired) electrons. The number of carbonyl (C=O) groups is 1. The molecule has 3 aromatic rings.